The number of hydrogen-bond acceptors (Lipinski definition) is 6. The van der Waals surface area contributed by atoms with Crippen LogP contribution < -0.4 is 4.74 Å². The van der Waals surface area contributed by atoms with Gasteiger partial charge in [0.25, 0.3) is 0 Å². The molecule has 0 bridgehead atoms. The molecular formula is C23H16O6S. The number of phenolic OH excluding ortho intramolecular Hbond substituents is 2. The van der Waals surface area contributed by atoms with Gasteiger partial charge >= 0.3 is 5.97 Å². The molecule has 0 saturated heterocycles. The lowest BCUT2D eigenvalue weighted by Crippen LogP contribution is -2.09. The minimum Gasteiger partial charge on any atom is -0.508 e. The van der Waals surface area contributed by atoms with Gasteiger partial charge in [0.05, 0.1) is 0 Å². The second kappa shape index (κ2) is 7.88. The number of aromatic hydroxyl groups is 2. The number of carboxylic acids is 1. The van der Waals surface area contributed by atoms with Crippen molar-refractivity contribution in [1.29, 1.82) is 0 Å². The monoisotopic (exact) mass is 420 g/mol. The van der Waals surface area contributed by atoms with Crippen molar-refractivity contribution in [3.63, 3.8) is 0 Å². The predicted octanol–water partition coefficient (Wildman–Crippen LogP) is 4.67. The highest BCUT2D eigenvalue weighted by Crippen LogP contribution is 2.41. The standard InChI is InChI=1S/C23H16O6S/c24-15-5-1-14(2-6-15)23-21(18-10-7-16(25)11-19(18)30-23)22(28)13-3-8-17(9-4-13)29-12-20(26)27/h1-11,24-25H,12H2,(H,26,27). The molecule has 150 valence electrons. The highest BCUT2D eigenvalue weighted by atomic mass is 32.1. The molecule has 6 nitrogen and oxygen atoms in total. The number of hydrogen-bond donors (Lipinski definition) is 3. The number of carbonyl (C=O) groups is 2. The largest absolute Gasteiger partial charge is 0.508 e. The fraction of sp³-hybridized carbons (Fsp3) is 0.0435. The first-order chi connectivity index (χ1) is 14.4. The van der Waals surface area contributed by atoms with Crippen LogP contribution in [0.2, 0.25) is 0 Å². The molecule has 0 unspecified atom stereocenters. The van der Waals surface area contributed by atoms with Crippen LogP contribution in [0.3, 0.4) is 0 Å². The number of rotatable bonds is 6. The van der Waals surface area contributed by atoms with E-state index in [4.69, 9.17) is 9.84 Å². The lowest BCUT2D eigenvalue weighted by molar-refractivity contribution is -0.139. The van der Waals surface area contributed by atoms with Crippen molar-refractivity contribution in [2.24, 2.45) is 0 Å². The van der Waals surface area contributed by atoms with Crippen LogP contribution in [0.1, 0.15) is 15.9 Å². The Kier molecular flexibility index (Phi) is 5.12. The van der Waals surface area contributed by atoms with Gasteiger partial charge in [-0.1, -0.05) is 0 Å². The molecule has 0 aliphatic carbocycles. The van der Waals surface area contributed by atoms with Crippen molar-refractivity contribution in [2.75, 3.05) is 6.61 Å². The van der Waals surface area contributed by atoms with Gasteiger partial charge in [-0.3, -0.25) is 4.79 Å². The SMILES string of the molecule is O=C(O)COc1ccc(C(=O)c2c(-c3ccc(O)cc3)sc3cc(O)ccc23)cc1. The van der Waals surface area contributed by atoms with Gasteiger partial charge < -0.3 is 20.1 Å². The normalized spacial score (nSPS) is 10.8. The number of phenols is 2. The lowest BCUT2D eigenvalue weighted by atomic mass is 9.97. The topological polar surface area (TPSA) is 104 Å². The molecule has 3 aromatic carbocycles. The van der Waals surface area contributed by atoms with Crippen LogP contribution >= 0.6 is 11.3 Å². The third kappa shape index (κ3) is 3.83. The van der Waals surface area contributed by atoms with Crippen molar-refractivity contribution in [3.8, 4) is 27.7 Å². The Hall–Kier alpha value is -3.84. The van der Waals surface area contributed by atoms with E-state index >= 15 is 0 Å². The van der Waals surface area contributed by atoms with Crippen LogP contribution in [0.15, 0.2) is 66.7 Å². The van der Waals surface area contributed by atoms with Gasteiger partial charge in [0, 0.05) is 26.1 Å². The van der Waals surface area contributed by atoms with Crippen molar-refractivity contribution in [3.05, 3.63) is 77.9 Å². The molecule has 3 N–H and O–H groups in total. The van der Waals surface area contributed by atoms with E-state index in [0.717, 1.165) is 20.5 Å². The number of thiophene rings is 1. The fourth-order valence-corrected chi connectivity index (χ4v) is 4.36. The van der Waals surface area contributed by atoms with Crippen LogP contribution in [-0.4, -0.2) is 33.7 Å². The maximum Gasteiger partial charge on any atom is 0.341 e. The molecule has 0 aliphatic rings. The first-order valence-corrected chi connectivity index (χ1v) is 9.78. The van der Waals surface area contributed by atoms with Gasteiger partial charge in [0.2, 0.25) is 0 Å². The Bertz CT molecular complexity index is 1240. The Morgan fingerprint density at radius 1 is 0.867 bits per heavy atom. The Morgan fingerprint density at radius 3 is 2.20 bits per heavy atom. The molecule has 0 radical (unpaired) electrons. The van der Waals surface area contributed by atoms with E-state index in [9.17, 15) is 19.8 Å². The minimum atomic E-state index is -1.08. The summed E-state index contributed by atoms with van der Waals surface area (Å²) in [6.07, 6.45) is 0. The number of ketones is 1. The van der Waals surface area contributed by atoms with Crippen LogP contribution in [0.4, 0.5) is 0 Å². The summed E-state index contributed by atoms with van der Waals surface area (Å²) in [6.45, 7) is -0.461. The summed E-state index contributed by atoms with van der Waals surface area (Å²) < 4.78 is 5.89. The number of aliphatic carboxylic acids is 1. The van der Waals surface area contributed by atoms with Crippen molar-refractivity contribution >= 4 is 33.2 Å². The van der Waals surface area contributed by atoms with Crippen LogP contribution in [0.25, 0.3) is 20.5 Å². The number of fused-ring (bicyclic) bond motifs is 1. The zero-order valence-corrected chi connectivity index (χ0v) is 16.3. The van der Waals surface area contributed by atoms with E-state index in [1.54, 1.807) is 60.7 Å². The zero-order valence-electron chi connectivity index (χ0n) is 15.5. The van der Waals surface area contributed by atoms with Crippen LogP contribution in [0, 0.1) is 0 Å². The molecule has 1 heterocycles. The molecule has 4 aromatic rings. The van der Waals surface area contributed by atoms with Crippen LogP contribution in [0.5, 0.6) is 17.2 Å². The Labute approximate surface area is 175 Å². The van der Waals surface area contributed by atoms with Gasteiger partial charge in [0.15, 0.2) is 12.4 Å². The van der Waals surface area contributed by atoms with E-state index in [-0.39, 0.29) is 17.3 Å². The van der Waals surface area contributed by atoms with Crippen molar-refractivity contribution < 1.29 is 29.6 Å². The fourth-order valence-electron chi connectivity index (χ4n) is 3.12. The quantitative estimate of drug-likeness (QED) is 0.392. The average Bonchev–Trinajstić information content (AvgIpc) is 3.11. The summed E-state index contributed by atoms with van der Waals surface area (Å²) in [7, 11) is 0. The number of carboxylic acid groups (broad SMARTS) is 1. The zero-order chi connectivity index (χ0) is 21.3. The molecule has 0 fully saturated rings. The van der Waals surface area contributed by atoms with Gasteiger partial charge in [0.1, 0.15) is 17.2 Å². The highest BCUT2D eigenvalue weighted by molar-refractivity contribution is 7.22. The smallest absolute Gasteiger partial charge is 0.341 e. The van der Waals surface area contributed by atoms with Crippen LogP contribution in [-0.2, 0) is 4.79 Å². The molecule has 0 aliphatic heterocycles. The molecule has 0 spiro atoms. The predicted molar refractivity (Wildman–Crippen MR) is 114 cm³/mol. The molecule has 0 saturated carbocycles. The first kappa shape index (κ1) is 19.5. The summed E-state index contributed by atoms with van der Waals surface area (Å²) in [4.78, 5) is 24.8. The van der Waals surface area contributed by atoms with E-state index in [1.807, 2.05) is 0 Å². The second-order valence-electron chi connectivity index (χ2n) is 6.57. The van der Waals surface area contributed by atoms with Crippen molar-refractivity contribution in [2.45, 2.75) is 0 Å². The molecule has 0 amide bonds. The average molecular weight is 420 g/mol. The maximum absolute atomic E-state index is 13.4. The summed E-state index contributed by atoms with van der Waals surface area (Å²) in [5.41, 5.74) is 1.70. The third-order valence-electron chi connectivity index (χ3n) is 4.51. The van der Waals surface area contributed by atoms with Gasteiger partial charge in [-0.05, 0) is 72.3 Å². The molecule has 30 heavy (non-hydrogen) atoms. The molecule has 1 aromatic heterocycles. The van der Waals surface area contributed by atoms with E-state index in [1.165, 1.54) is 17.4 Å². The Balaban J connectivity index is 1.78. The lowest BCUT2D eigenvalue weighted by Gasteiger charge is -2.07. The molecule has 0 atom stereocenters. The highest BCUT2D eigenvalue weighted by Gasteiger charge is 2.22. The minimum absolute atomic E-state index is 0.111. The summed E-state index contributed by atoms with van der Waals surface area (Å²) in [5, 5.41) is 28.9. The molecule has 4 rings (SSSR count). The van der Waals surface area contributed by atoms with E-state index < -0.39 is 12.6 Å². The van der Waals surface area contributed by atoms with E-state index in [0.29, 0.717) is 16.9 Å². The first-order valence-electron chi connectivity index (χ1n) is 8.96. The van der Waals surface area contributed by atoms with Gasteiger partial charge in [-0.15, -0.1) is 11.3 Å². The number of benzene rings is 3. The summed E-state index contributed by atoms with van der Waals surface area (Å²) in [5.74, 6) is -0.698. The number of ether oxygens (including phenoxy) is 1. The second-order valence-corrected chi connectivity index (χ2v) is 7.62. The van der Waals surface area contributed by atoms with E-state index in [2.05, 4.69) is 0 Å². The summed E-state index contributed by atoms with van der Waals surface area (Å²) >= 11 is 1.38. The summed E-state index contributed by atoms with van der Waals surface area (Å²) in [6, 6.07) is 17.7. The van der Waals surface area contributed by atoms with Gasteiger partial charge in [-0.25, -0.2) is 4.79 Å². The maximum atomic E-state index is 13.4. The van der Waals surface area contributed by atoms with Crippen molar-refractivity contribution in [1.82, 2.24) is 0 Å². The molecular weight excluding hydrogens is 404 g/mol. The number of carbonyl (C=O) groups excluding carboxylic acids is 1. The third-order valence-corrected chi connectivity index (χ3v) is 5.71. The van der Waals surface area contributed by atoms with Gasteiger partial charge in [-0.2, -0.15) is 0 Å². The Morgan fingerprint density at radius 2 is 1.53 bits per heavy atom. The molecule has 7 heteroatoms.